The number of morpholine rings is 1. The fourth-order valence-electron chi connectivity index (χ4n) is 2.85. The van der Waals surface area contributed by atoms with E-state index < -0.39 is 0 Å². The van der Waals surface area contributed by atoms with E-state index >= 15 is 0 Å². The van der Waals surface area contributed by atoms with Crippen molar-refractivity contribution in [2.45, 2.75) is 32.9 Å². The number of nitrogens with zero attached hydrogens (tertiary/aromatic N) is 1. The van der Waals surface area contributed by atoms with Crippen LogP contribution in [-0.2, 0) is 4.74 Å². The maximum Gasteiger partial charge on any atom is 0.0896 e. The summed E-state index contributed by atoms with van der Waals surface area (Å²) >= 11 is 1.89. The molecule has 3 nitrogen and oxygen atoms in total. The number of aryl methyl sites for hydroxylation is 2. The molecule has 0 saturated carbocycles. The summed E-state index contributed by atoms with van der Waals surface area (Å²) in [4.78, 5) is 5.37. The van der Waals surface area contributed by atoms with Gasteiger partial charge in [-0.25, -0.2) is 0 Å². The van der Waals surface area contributed by atoms with E-state index in [0.29, 0.717) is 6.04 Å². The highest BCUT2D eigenvalue weighted by Crippen LogP contribution is 2.35. The molecule has 1 aromatic rings. The van der Waals surface area contributed by atoms with Gasteiger partial charge >= 0.3 is 0 Å². The van der Waals surface area contributed by atoms with Crippen LogP contribution < -0.4 is 5.32 Å². The molecule has 1 aromatic heterocycles. The van der Waals surface area contributed by atoms with Gasteiger partial charge in [0.05, 0.1) is 18.8 Å². The average molecular weight is 268 g/mol. The Hall–Kier alpha value is -0.420. The third-order valence-corrected chi connectivity index (χ3v) is 4.65. The summed E-state index contributed by atoms with van der Waals surface area (Å²) in [5.41, 5.74) is 1.46. The van der Waals surface area contributed by atoms with Gasteiger partial charge in [0.2, 0.25) is 0 Å². The van der Waals surface area contributed by atoms with E-state index in [1.165, 1.54) is 15.3 Å². The van der Waals surface area contributed by atoms with E-state index in [-0.39, 0.29) is 6.10 Å². The predicted molar refractivity (Wildman–Crippen MR) is 77.4 cm³/mol. The number of hydrogen-bond donors (Lipinski definition) is 1. The molecule has 1 N–H and O–H groups in total. The molecule has 2 atom stereocenters. The van der Waals surface area contributed by atoms with Crippen LogP contribution in [0.3, 0.4) is 0 Å². The van der Waals surface area contributed by atoms with Gasteiger partial charge in [0.25, 0.3) is 0 Å². The van der Waals surface area contributed by atoms with Crippen LogP contribution in [0.5, 0.6) is 0 Å². The molecule has 4 heteroatoms. The van der Waals surface area contributed by atoms with Crippen LogP contribution >= 0.6 is 11.3 Å². The van der Waals surface area contributed by atoms with Gasteiger partial charge in [0.15, 0.2) is 0 Å². The fourth-order valence-corrected chi connectivity index (χ4v) is 3.82. The third-order valence-electron chi connectivity index (χ3n) is 3.67. The van der Waals surface area contributed by atoms with Crippen molar-refractivity contribution in [1.29, 1.82) is 0 Å². The topological polar surface area (TPSA) is 24.5 Å². The fraction of sp³-hybridized carbons (Fsp3) is 0.714. The molecule has 0 bridgehead atoms. The van der Waals surface area contributed by atoms with E-state index in [2.05, 4.69) is 37.1 Å². The average Bonchev–Trinajstić information content (AvgIpc) is 2.68. The van der Waals surface area contributed by atoms with Crippen molar-refractivity contribution in [2.75, 3.05) is 33.3 Å². The quantitative estimate of drug-likeness (QED) is 0.907. The molecule has 0 aliphatic carbocycles. The van der Waals surface area contributed by atoms with E-state index in [4.69, 9.17) is 4.74 Å². The van der Waals surface area contributed by atoms with Crippen LogP contribution in [0.4, 0.5) is 0 Å². The first-order valence-corrected chi connectivity index (χ1v) is 7.56. The Bertz CT molecular complexity index is 389. The molecule has 0 aromatic carbocycles. The predicted octanol–water partition coefficient (Wildman–Crippen LogP) is 2.35. The SMILES string of the molecule is CCN1CCOC(CNC)C1c1cc(C)sc1C. The van der Waals surface area contributed by atoms with Crippen LogP contribution in [0.2, 0.25) is 0 Å². The standard InChI is InChI=1S/C14H24N2OS/c1-5-16-6-7-17-13(9-15-4)14(16)12-8-10(2)18-11(12)3/h8,13-15H,5-7,9H2,1-4H3. The molecule has 0 spiro atoms. The van der Waals surface area contributed by atoms with Crippen molar-refractivity contribution in [1.82, 2.24) is 10.2 Å². The molecular formula is C14H24N2OS. The first kappa shape index (κ1) is 14.0. The summed E-state index contributed by atoms with van der Waals surface area (Å²) in [6.45, 7) is 10.5. The molecule has 1 aliphatic rings. The second kappa shape index (κ2) is 6.15. The maximum atomic E-state index is 5.98. The summed E-state index contributed by atoms with van der Waals surface area (Å²) < 4.78 is 5.98. The van der Waals surface area contributed by atoms with Crippen molar-refractivity contribution < 1.29 is 4.74 Å². The van der Waals surface area contributed by atoms with E-state index in [1.54, 1.807) is 0 Å². The summed E-state index contributed by atoms with van der Waals surface area (Å²) in [6, 6.07) is 2.74. The number of hydrogen-bond acceptors (Lipinski definition) is 4. The Kier molecular flexibility index (Phi) is 4.78. The van der Waals surface area contributed by atoms with Crippen molar-refractivity contribution >= 4 is 11.3 Å². The van der Waals surface area contributed by atoms with Crippen LogP contribution in [0.25, 0.3) is 0 Å². The lowest BCUT2D eigenvalue weighted by Gasteiger charge is -2.41. The number of nitrogens with one attached hydrogen (secondary N) is 1. The van der Waals surface area contributed by atoms with E-state index in [0.717, 1.165) is 26.2 Å². The number of likely N-dealkylation sites (N-methyl/N-ethyl adjacent to an activating group) is 2. The Morgan fingerprint density at radius 2 is 2.28 bits per heavy atom. The van der Waals surface area contributed by atoms with Crippen molar-refractivity contribution in [3.63, 3.8) is 0 Å². The number of ether oxygens (including phenoxy) is 1. The largest absolute Gasteiger partial charge is 0.374 e. The van der Waals surface area contributed by atoms with Gasteiger partial charge in [-0.05, 0) is 39.1 Å². The molecule has 2 heterocycles. The lowest BCUT2D eigenvalue weighted by atomic mass is 9.98. The van der Waals surface area contributed by atoms with Crippen molar-refractivity contribution in [3.05, 3.63) is 21.4 Å². The summed E-state index contributed by atoms with van der Waals surface area (Å²) in [7, 11) is 2.00. The minimum Gasteiger partial charge on any atom is -0.374 e. The second-order valence-corrected chi connectivity index (χ2v) is 6.37. The van der Waals surface area contributed by atoms with Gasteiger partial charge in [-0.15, -0.1) is 11.3 Å². The second-order valence-electron chi connectivity index (χ2n) is 4.91. The summed E-state index contributed by atoms with van der Waals surface area (Å²) in [5.74, 6) is 0. The van der Waals surface area contributed by atoms with Crippen LogP contribution in [0.1, 0.15) is 28.3 Å². The Labute approximate surface area is 114 Å². The maximum absolute atomic E-state index is 5.98. The molecule has 2 unspecified atom stereocenters. The van der Waals surface area contributed by atoms with E-state index in [9.17, 15) is 0 Å². The normalized spacial score (nSPS) is 25.6. The van der Waals surface area contributed by atoms with Crippen LogP contribution in [0, 0.1) is 13.8 Å². The minimum absolute atomic E-state index is 0.261. The molecule has 0 radical (unpaired) electrons. The highest BCUT2D eigenvalue weighted by molar-refractivity contribution is 7.12. The van der Waals surface area contributed by atoms with Crippen LogP contribution in [0.15, 0.2) is 6.07 Å². The zero-order valence-electron chi connectivity index (χ0n) is 11.8. The summed E-state index contributed by atoms with van der Waals surface area (Å²) in [5, 5.41) is 3.26. The summed E-state index contributed by atoms with van der Waals surface area (Å²) in [6.07, 6.45) is 0.261. The van der Waals surface area contributed by atoms with E-state index in [1.807, 2.05) is 18.4 Å². The van der Waals surface area contributed by atoms with Gasteiger partial charge in [-0.3, -0.25) is 4.90 Å². The first-order chi connectivity index (χ1) is 8.67. The first-order valence-electron chi connectivity index (χ1n) is 6.74. The lowest BCUT2D eigenvalue weighted by Crippen LogP contribution is -2.48. The van der Waals surface area contributed by atoms with Gasteiger partial charge < -0.3 is 10.1 Å². The molecular weight excluding hydrogens is 244 g/mol. The molecule has 2 rings (SSSR count). The molecule has 102 valence electrons. The smallest absolute Gasteiger partial charge is 0.0896 e. The Morgan fingerprint density at radius 1 is 1.50 bits per heavy atom. The highest BCUT2D eigenvalue weighted by Gasteiger charge is 2.33. The minimum atomic E-state index is 0.261. The van der Waals surface area contributed by atoms with Gasteiger partial charge in [0.1, 0.15) is 0 Å². The van der Waals surface area contributed by atoms with Gasteiger partial charge in [-0.2, -0.15) is 0 Å². The number of thiophene rings is 1. The van der Waals surface area contributed by atoms with Gasteiger partial charge in [0, 0.05) is 22.8 Å². The Balaban J connectivity index is 2.30. The Morgan fingerprint density at radius 3 is 2.83 bits per heavy atom. The zero-order chi connectivity index (χ0) is 13.1. The lowest BCUT2D eigenvalue weighted by molar-refractivity contribution is -0.0687. The molecule has 1 saturated heterocycles. The molecule has 0 amide bonds. The van der Waals surface area contributed by atoms with Gasteiger partial charge in [-0.1, -0.05) is 6.92 Å². The van der Waals surface area contributed by atoms with Crippen molar-refractivity contribution in [2.24, 2.45) is 0 Å². The molecule has 1 fully saturated rings. The monoisotopic (exact) mass is 268 g/mol. The molecule has 18 heavy (non-hydrogen) atoms. The molecule has 1 aliphatic heterocycles. The zero-order valence-corrected chi connectivity index (χ0v) is 12.6. The highest BCUT2D eigenvalue weighted by atomic mass is 32.1. The van der Waals surface area contributed by atoms with Crippen LogP contribution in [-0.4, -0.2) is 44.3 Å². The number of rotatable bonds is 4. The van der Waals surface area contributed by atoms with Crippen molar-refractivity contribution in [3.8, 4) is 0 Å². The third kappa shape index (κ3) is 2.77.